The highest BCUT2D eigenvalue weighted by molar-refractivity contribution is 7.17. The first-order valence-corrected chi connectivity index (χ1v) is 38.5. The molecule has 33 heteroatoms. The van der Waals surface area contributed by atoms with Crippen LogP contribution in [-0.2, 0) is 25.3 Å². The molecule has 6 atom stereocenters. The van der Waals surface area contributed by atoms with E-state index in [0.717, 1.165) is 76.6 Å². The molecule has 11 aromatic heterocycles. The van der Waals surface area contributed by atoms with Gasteiger partial charge < -0.3 is 64.3 Å². The highest BCUT2D eigenvalue weighted by Crippen LogP contribution is 2.52. The largest absolute Gasteiger partial charge is 0.464 e. The zero-order chi connectivity index (χ0) is 80.6. The first-order valence-electron chi connectivity index (χ1n) is 36.7. The third-order valence-corrected chi connectivity index (χ3v) is 22.0. The number of nitrogens with zero attached hydrogens (tertiary/aromatic N) is 12. The highest BCUT2D eigenvalue weighted by atomic mass is 32.1. The summed E-state index contributed by atoms with van der Waals surface area (Å²) in [4.78, 5) is 42.0. The highest BCUT2D eigenvalue weighted by Gasteiger charge is 2.43. The molecule has 1 saturated carbocycles. The number of anilines is 1. The van der Waals surface area contributed by atoms with Crippen LogP contribution in [0.1, 0.15) is 174 Å². The number of aryl methyl sites for hydroxylation is 4. The van der Waals surface area contributed by atoms with Crippen molar-refractivity contribution in [3.63, 3.8) is 0 Å². The van der Waals surface area contributed by atoms with E-state index in [4.69, 9.17) is 8.83 Å². The van der Waals surface area contributed by atoms with Gasteiger partial charge in [-0.15, -0.1) is 22.7 Å². The monoisotopic (exact) mass is 1600 g/mol. The van der Waals surface area contributed by atoms with Gasteiger partial charge >= 0.3 is 0 Å². The van der Waals surface area contributed by atoms with Gasteiger partial charge in [-0.1, -0.05) is 63.2 Å². The summed E-state index contributed by atoms with van der Waals surface area (Å²) in [5.74, 6) is 0.869. The molecule has 26 nitrogen and oxygen atoms in total. The average Bonchev–Trinajstić information content (AvgIpc) is 1.58. The minimum atomic E-state index is -0.992. The fraction of sp³-hybridized carbons (Fsp3) is 0.244. The number of imidazole rings is 4. The standard InChI is InChI=1S/C17H18N2O2.C14H13FN2OS.C13H15FN4O.C13H12FN3O2.C13H10FN3OS.C12H11FN4O/c1-10-3-4-11(14(20)16-18-7-8-19-16)13-12(9-21-15(10)13)17(2)5-6-17;1-2-8-7-19-13-10(15)4-3-9(11(8)13)12(18)14-16-5-6-17-14;14-9-3-4-10(12(19)13-15-8-16-17-13)11(7-9)18-5-1-2-6-18;1-2-7-5-19-12-9(14)4-3-8(10(7)12)11(18)13-15-6-16-17-13;14-8-1-2-9(11(18)12-15-3-4-16-12)10(7-8)13-17-5-6-19-13;1-17-10-7(11(18)12-14-4-5-15-12)2-3-9(13)8(10)6-16-17/h3-4,7-9,14,20H,5-6H2,1-2H3,(H,18,19);3-7,12,18H,2H2,1H3,(H,16,17);3-4,7-8,12,19H,1-2,5-6H2,(H,15,16,17);3-6,11,18H,2H2,1H3,(H,15,16,17);1-7,11,18H,(H,15,16);2-6,11,18H,1H3,(H,14,15). The van der Waals surface area contributed by atoms with Crippen molar-refractivity contribution >= 4 is 71.3 Å². The third-order valence-electron chi connectivity index (χ3n) is 20.2. The number of hydrogen-bond acceptors (Lipinski definition) is 21. The molecular formula is C82H79F5N18O8S2. The van der Waals surface area contributed by atoms with Crippen LogP contribution in [0.5, 0.6) is 0 Å². The van der Waals surface area contributed by atoms with Crippen LogP contribution in [0.2, 0.25) is 0 Å². The van der Waals surface area contributed by atoms with Gasteiger partial charge in [0, 0.05) is 125 Å². The van der Waals surface area contributed by atoms with Gasteiger partial charge in [0.1, 0.15) is 106 Å². The lowest BCUT2D eigenvalue weighted by molar-refractivity contribution is 0.210. The second-order valence-electron chi connectivity index (χ2n) is 27.5. The number of furan rings is 2. The van der Waals surface area contributed by atoms with Crippen LogP contribution in [0.15, 0.2) is 192 Å². The van der Waals surface area contributed by atoms with Crippen LogP contribution in [0.25, 0.3) is 53.5 Å². The van der Waals surface area contributed by atoms with Gasteiger partial charge in [0.15, 0.2) is 23.0 Å². The van der Waals surface area contributed by atoms with E-state index in [9.17, 15) is 52.6 Å². The average molecular weight is 1600 g/mol. The van der Waals surface area contributed by atoms with E-state index < -0.39 is 42.4 Å². The van der Waals surface area contributed by atoms with Crippen LogP contribution >= 0.6 is 22.7 Å². The van der Waals surface area contributed by atoms with Crippen LogP contribution in [0, 0.1) is 36.0 Å². The minimum absolute atomic E-state index is 0.160. The Labute approximate surface area is 660 Å². The normalized spacial score (nSPS) is 14.5. The van der Waals surface area contributed by atoms with Gasteiger partial charge in [-0.25, -0.2) is 56.8 Å². The Hall–Kier alpha value is -12.2. The number of benzene rings is 6. The molecule has 6 unspecified atom stereocenters. The number of aliphatic hydroxyl groups excluding tert-OH is 6. The number of aromatic nitrogens is 17. The van der Waals surface area contributed by atoms with Crippen LogP contribution in [0.4, 0.5) is 27.6 Å². The molecule has 1 saturated heterocycles. The Morgan fingerprint density at radius 1 is 0.513 bits per heavy atom. The van der Waals surface area contributed by atoms with Crippen molar-refractivity contribution in [3.8, 4) is 10.6 Å². The maximum absolute atomic E-state index is 13.8. The van der Waals surface area contributed by atoms with Crippen LogP contribution < -0.4 is 4.90 Å². The van der Waals surface area contributed by atoms with E-state index in [1.807, 2.05) is 49.9 Å². The molecule has 2 fully saturated rings. The van der Waals surface area contributed by atoms with Crippen molar-refractivity contribution in [1.29, 1.82) is 0 Å². The molecule has 12 N–H and O–H groups in total. The van der Waals surface area contributed by atoms with Gasteiger partial charge in [0.05, 0.1) is 34.3 Å². The first kappa shape index (κ1) is 79.4. The molecular weight excluding hydrogens is 1520 g/mol. The Morgan fingerprint density at radius 3 is 1.57 bits per heavy atom. The molecule has 2 aliphatic rings. The zero-order valence-corrected chi connectivity index (χ0v) is 64.1. The molecule has 6 aromatic carbocycles. The second kappa shape index (κ2) is 35.0. The van der Waals surface area contributed by atoms with Crippen molar-refractivity contribution in [2.75, 3.05) is 18.0 Å². The van der Waals surface area contributed by atoms with Crippen LogP contribution in [-0.4, -0.2) is 129 Å². The summed E-state index contributed by atoms with van der Waals surface area (Å²) in [5, 5.41) is 86.3. The molecule has 0 spiro atoms. The molecule has 592 valence electrons. The maximum Gasteiger partial charge on any atom is 0.170 e. The molecule has 115 heavy (non-hydrogen) atoms. The van der Waals surface area contributed by atoms with Crippen molar-refractivity contribution < 1.29 is 61.4 Å². The molecule has 0 amide bonds. The van der Waals surface area contributed by atoms with Crippen molar-refractivity contribution in [3.05, 3.63) is 303 Å². The van der Waals surface area contributed by atoms with Gasteiger partial charge in [0.25, 0.3) is 0 Å². The summed E-state index contributed by atoms with van der Waals surface area (Å²) in [6, 6.07) is 21.4. The predicted molar refractivity (Wildman–Crippen MR) is 422 cm³/mol. The fourth-order valence-corrected chi connectivity index (χ4v) is 15.7. The maximum atomic E-state index is 13.8. The van der Waals surface area contributed by atoms with Crippen molar-refractivity contribution in [2.24, 2.45) is 7.05 Å². The van der Waals surface area contributed by atoms with Gasteiger partial charge in [-0.3, -0.25) is 14.9 Å². The molecule has 17 aromatic rings. The number of thiophene rings is 1. The van der Waals surface area contributed by atoms with Gasteiger partial charge in [0.2, 0.25) is 0 Å². The van der Waals surface area contributed by atoms with Crippen molar-refractivity contribution in [2.45, 2.75) is 108 Å². The predicted octanol–water partition coefficient (Wildman–Crippen LogP) is 15.2. The van der Waals surface area contributed by atoms with E-state index >= 15 is 0 Å². The zero-order valence-electron chi connectivity index (χ0n) is 62.5. The van der Waals surface area contributed by atoms with Crippen molar-refractivity contribution in [1.82, 2.24) is 85.0 Å². The van der Waals surface area contributed by atoms with Gasteiger partial charge in [-0.05, 0) is 138 Å². The number of fused-ring (bicyclic) bond motifs is 4. The lowest BCUT2D eigenvalue weighted by Gasteiger charge is -2.23. The molecule has 0 bridgehead atoms. The number of hydrogen-bond donors (Lipinski definition) is 12. The Kier molecular flexibility index (Phi) is 24.2. The number of thiazole rings is 1. The summed E-state index contributed by atoms with van der Waals surface area (Å²) in [7, 11) is 1.71. The smallest absolute Gasteiger partial charge is 0.170 e. The van der Waals surface area contributed by atoms with E-state index in [0.29, 0.717) is 101 Å². The lowest BCUT2D eigenvalue weighted by atomic mass is 9.92. The van der Waals surface area contributed by atoms with E-state index in [1.54, 1.807) is 97.8 Å². The summed E-state index contributed by atoms with van der Waals surface area (Å²) in [5.41, 5.74) is 11.2. The topological polar surface area (TPSA) is 379 Å². The summed E-state index contributed by atoms with van der Waals surface area (Å²) in [6.45, 7) is 10.0. The molecule has 1 aliphatic heterocycles. The Morgan fingerprint density at radius 2 is 1.02 bits per heavy atom. The lowest BCUT2D eigenvalue weighted by Crippen LogP contribution is -2.21. The third kappa shape index (κ3) is 16.9. The van der Waals surface area contributed by atoms with E-state index in [-0.39, 0.29) is 34.3 Å². The van der Waals surface area contributed by atoms with E-state index in [1.165, 1.54) is 109 Å². The van der Waals surface area contributed by atoms with Gasteiger partial charge in [-0.2, -0.15) is 15.3 Å². The minimum Gasteiger partial charge on any atom is -0.464 e. The number of halogens is 5. The molecule has 1 aliphatic carbocycles. The number of H-pyrrole nitrogens is 6. The summed E-state index contributed by atoms with van der Waals surface area (Å²) < 4.78 is 81.2. The van der Waals surface area contributed by atoms with E-state index in [2.05, 4.69) is 92.1 Å². The number of aliphatic hydroxyl groups is 6. The molecule has 0 radical (unpaired) electrons. The SMILES string of the molecule is CCc1coc2c(F)ccc(C(O)c3ncn[nH]3)c12.CCc1csc2c(F)ccc(C(O)c3ncc[nH]3)c12.Cc1ccc(C(O)c2ncc[nH]2)c2c(C3(C)CC3)coc12.Cn1ncc2c(F)ccc(C(O)c3ncc[nH]3)c21.OC(c1ncc[nH]1)c1ccc(F)cc1-c1nccs1.OC(c1ncn[nH]1)c1ccc(F)cc1N1CCCC1. The summed E-state index contributed by atoms with van der Waals surface area (Å²) in [6.07, 6.45) is 22.8. The Bertz CT molecular complexity index is 5890. The number of nitrogens with one attached hydrogen (secondary N) is 6. The molecule has 12 heterocycles. The molecule has 19 rings (SSSR count). The van der Waals surface area contributed by atoms with Crippen LogP contribution in [0.3, 0.4) is 0 Å². The number of rotatable bonds is 17. The second-order valence-corrected chi connectivity index (χ2v) is 29.3. The number of aromatic amines is 6. The fourth-order valence-electron chi connectivity index (χ4n) is 13.9. The quantitative estimate of drug-likeness (QED) is 0.0377. The Balaban J connectivity index is 0.000000114. The summed E-state index contributed by atoms with van der Waals surface area (Å²) >= 11 is 2.77. The first-order chi connectivity index (χ1) is 55.7.